The first kappa shape index (κ1) is 28.6. The lowest BCUT2D eigenvalue weighted by Gasteiger charge is -2.16. The van der Waals surface area contributed by atoms with Crippen LogP contribution in [-0.2, 0) is 0 Å². The van der Waals surface area contributed by atoms with E-state index in [1.807, 2.05) is 12.4 Å². The van der Waals surface area contributed by atoms with E-state index in [1.54, 1.807) is 0 Å². The van der Waals surface area contributed by atoms with Gasteiger partial charge < -0.3 is 9.13 Å². The SMILES string of the molecule is C1=C(c2ccncc2)C=C(c2cccc(-n3c4ccccc4c4ccc(-c5cccc(-n6c7ccccc7c7ccccc76)c5)cc43)c2)CC1. The average molecular weight is 640 g/mol. The summed E-state index contributed by atoms with van der Waals surface area (Å²) in [6, 6.07) is 55.4. The van der Waals surface area contributed by atoms with Gasteiger partial charge in [-0.1, -0.05) is 103 Å². The molecule has 0 saturated heterocycles. The Hall–Kier alpha value is -6.45. The molecule has 0 saturated carbocycles. The molecule has 0 bridgehead atoms. The molecule has 0 fully saturated rings. The van der Waals surface area contributed by atoms with Crippen LogP contribution in [0.3, 0.4) is 0 Å². The minimum absolute atomic E-state index is 1.03. The molecule has 1 aliphatic carbocycles. The Morgan fingerprint density at radius 1 is 0.420 bits per heavy atom. The van der Waals surface area contributed by atoms with Gasteiger partial charge in [-0.3, -0.25) is 4.98 Å². The molecule has 0 aliphatic heterocycles. The van der Waals surface area contributed by atoms with Crippen molar-refractivity contribution in [3.8, 4) is 22.5 Å². The predicted octanol–water partition coefficient (Wildman–Crippen LogP) is 12.2. The number of hydrogen-bond acceptors (Lipinski definition) is 1. The molecule has 3 nitrogen and oxygen atoms in total. The van der Waals surface area contributed by atoms with Crippen molar-refractivity contribution in [1.29, 1.82) is 0 Å². The molecule has 3 heterocycles. The van der Waals surface area contributed by atoms with E-state index in [0.717, 1.165) is 18.5 Å². The van der Waals surface area contributed by atoms with Crippen LogP contribution in [0.15, 0.2) is 176 Å². The van der Waals surface area contributed by atoms with Crippen LogP contribution in [-0.4, -0.2) is 14.1 Å². The first-order chi connectivity index (χ1) is 24.8. The fourth-order valence-electron chi connectivity index (χ4n) is 7.97. The lowest BCUT2D eigenvalue weighted by Crippen LogP contribution is -1.97. The van der Waals surface area contributed by atoms with E-state index in [2.05, 4.69) is 178 Å². The van der Waals surface area contributed by atoms with Crippen molar-refractivity contribution < 1.29 is 0 Å². The van der Waals surface area contributed by atoms with E-state index >= 15 is 0 Å². The third kappa shape index (κ3) is 4.62. The Morgan fingerprint density at radius 3 is 1.62 bits per heavy atom. The zero-order valence-electron chi connectivity index (χ0n) is 27.5. The summed E-state index contributed by atoms with van der Waals surface area (Å²) >= 11 is 0. The molecule has 0 radical (unpaired) electrons. The summed E-state index contributed by atoms with van der Waals surface area (Å²) in [5.74, 6) is 0. The zero-order valence-corrected chi connectivity index (χ0v) is 27.5. The Morgan fingerprint density at radius 2 is 0.960 bits per heavy atom. The van der Waals surface area contributed by atoms with Gasteiger partial charge in [-0.2, -0.15) is 0 Å². The number of pyridine rings is 1. The highest BCUT2D eigenvalue weighted by Crippen LogP contribution is 2.38. The second kappa shape index (κ2) is 11.6. The third-order valence-electron chi connectivity index (χ3n) is 10.3. The standard InChI is InChI=1S/C47H33N3/c1-4-19-44-40(16-1)41-17-2-5-20-45(41)49(44)38-14-9-13-36(30-38)37-22-23-43-42-18-3-6-21-46(42)50(47(43)31-37)39-15-8-12-35(29-39)34-11-7-10-33(28-34)32-24-26-48-27-25-32/h1-6,8-10,12-31H,7,11H2. The second-order valence-corrected chi connectivity index (χ2v) is 13.2. The molecule has 3 aromatic heterocycles. The van der Waals surface area contributed by atoms with Gasteiger partial charge in [-0.15, -0.1) is 0 Å². The number of para-hydroxylation sites is 3. The van der Waals surface area contributed by atoms with Crippen molar-refractivity contribution in [3.05, 3.63) is 187 Å². The van der Waals surface area contributed by atoms with Crippen LogP contribution < -0.4 is 0 Å². The third-order valence-corrected chi connectivity index (χ3v) is 10.3. The average Bonchev–Trinajstić information content (AvgIpc) is 3.71. The molecular formula is C47H33N3. The zero-order chi connectivity index (χ0) is 33.0. The molecule has 3 heteroatoms. The summed E-state index contributed by atoms with van der Waals surface area (Å²) in [5, 5.41) is 5.07. The molecular weight excluding hydrogens is 607 g/mol. The lowest BCUT2D eigenvalue weighted by molar-refractivity contribution is 1.06. The van der Waals surface area contributed by atoms with E-state index in [4.69, 9.17) is 0 Å². The van der Waals surface area contributed by atoms with E-state index in [-0.39, 0.29) is 0 Å². The molecule has 0 N–H and O–H groups in total. The maximum Gasteiger partial charge on any atom is 0.0547 e. The van der Waals surface area contributed by atoms with Crippen LogP contribution in [0.2, 0.25) is 0 Å². The Bertz CT molecular complexity index is 2760. The highest BCUT2D eigenvalue weighted by Gasteiger charge is 2.17. The summed E-state index contributed by atoms with van der Waals surface area (Å²) in [7, 11) is 0. The molecule has 10 rings (SSSR count). The van der Waals surface area contributed by atoms with Crippen molar-refractivity contribution >= 4 is 54.8 Å². The fourth-order valence-corrected chi connectivity index (χ4v) is 7.97. The number of allylic oxidation sites excluding steroid dienone is 4. The first-order valence-electron chi connectivity index (χ1n) is 17.3. The van der Waals surface area contributed by atoms with Crippen LogP contribution in [0.1, 0.15) is 24.0 Å². The molecule has 1 aliphatic rings. The maximum absolute atomic E-state index is 4.22. The topological polar surface area (TPSA) is 22.8 Å². The Kier molecular flexibility index (Phi) is 6.63. The number of aromatic nitrogens is 3. The number of nitrogens with zero attached hydrogens (tertiary/aromatic N) is 3. The summed E-state index contributed by atoms with van der Waals surface area (Å²) in [4.78, 5) is 4.22. The van der Waals surface area contributed by atoms with Crippen LogP contribution in [0.4, 0.5) is 0 Å². The van der Waals surface area contributed by atoms with E-state index in [9.17, 15) is 0 Å². The minimum atomic E-state index is 1.03. The van der Waals surface area contributed by atoms with Gasteiger partial charge in [0.1, 0.15) is 0 Å². The Balaban J connectivity index is 1.11. The van der Waals surface area contributed by atoms with Crippen molar-refractivity contribution in [1.82, 2.24) is 14.1 Å². The highest BCUT2D eigenvalue weighted by molar-refractivity contribution is 6.11. The maximum atomic E-state index is 4.22. The molecule has 0 atom stereocenters. The normalized spacial score (nSPS) is 13.3. The highest BCUT2D eigenvalue weighted by atomic mass is 15.0. The summed E-state index contributed by atoms with van der Waals surface area (Å²) in [6.45, 7) is 0. The smallest absolute Gasteiger partial charge is 0.0547 e. The van der Waals surface area contributed by atoms with Gasteiger partial charge >= 0.3 is 0 Å². The summed E-state index contributed by atoms with van der Waals surface area (Å²) < 4.78 is 4.84. The monoisotopic (exact) mass is 639 g/mol. The van der Waals surface area contributed by atoms with Crippen LogP contribution in [0.25, 0.3) is 77.3 Å². The summed E-state index contributed by atoms with van der Waals surface area (Å²) in [6.07, 6.45) is 10.5. The summed E-state index contributed by atoms with van der Waals surface area (Å²) in [5.41, 5.74) is 14.7. The van der Waals surface area contributed by atoms with Gasteiger partial charge in [0, 0.05) is 45.3 Å². The minimum Gasteiger partial charge on any atom is -0.309 e. The van der Waals surface area contributed by atoms with Gasteiger partial charge in [0.15, 0.2) is 0 Å². The molecule has 0 amide bonds. The molecule has 50 heavy (non-hydrogen) atoms. The van der Waals surface area contributed by atoms with Crippen molar-refractivity contribution in [3.63, 3.8) is 0 Å². The quantitative estimate of drug-likeness (QED) is 0.184. The molecule has 0 unspecified atom stereocenters. The lowest BCUT2D eigenvalue weighted by atomic mass is 9.91. The number of fused-ring (bicyclic) bond motifs is 6. The van der Waals surface area contributed by atoms with Gasteiger partial charge in [0.25, 0.3) is 0 Å². The molecule has 6 aromatic carbocycles. The van der Waals surface area contributed by atoms with Crippen LogP contribution >= 0.6 is 0 Å². The number of benzene rings is 6. The fraction of sp³-hybridized carbons (Fsp3) is 0.0426. The predicted molar refractivity (Wildman–Crippen MR) is 210 cm³/mol. The van der Waals surface area contributed by atoms with Crippen molar-refractivity contribution in [2.45, 2.75) is 12.8 Å². The van der Waals surface area contributed by atoms with Crippen molar-refractivity contribution in [2.24, 2.45) is 0 Å². The van der Waals surface area contributed by atoms with Gasteiger partial charge in [-0.05, 0) is 107 Å². The Labute approximate surface area is 290 Å². The van der Waals surface area contributed by atoms with E-state index < -0.39 is 0 Å². The number of hydrogen-bond donors (Lipinski definition) is 0. The molecule has 236 valence electrons. The number of rotatable bonds is 5. The van der Waals surface area contributed by atoms with Crippen LogP contribution in [0, 0.1) is 0 Å². The van der Waals surface area contributed by atoms with Gasteiger partial charge in [0.05, 0.1) is 22.1 Å². The van der Waals surface area contributed by atoms with E-state index in [1.165, 1.54) is 82.7 Å². The van der Waals surface area contributed by atoms with E-state index in [0.29, 0.717) is 0 Å². The van der Waals surface area contributed by atoms with Gasteiger partial charge in [-0.25, -0.2) is 0 Å². The van der Waals surface area contributed by atoms with Crippen LogP contribution in [0.5, 0.6) is 0 Å². The largest absolute Gasteiger partial charge is 0.309 e. The molecule has 0 spiro atoms. The first-order valence-corrected chi connectivity index (χ1v) is 17.3. The van der Waals surface area contributed by atoms with Gasteiger partial charge in [0.2, 0.25) is 0 Å². The molecule has 9 aromatic rings. The van der Waals surface area contributed by atoms with Crippen molar-refractivity contribution in [2.75, 3.05) is 0 Å². The second-order valence-electron chi connectivity index (χ2n) is 13.2.